The number of rotatable bonds is 10. The topological polar surface area (TPSA) is 111 Å². The number of alkyl halides is 3. The average molecular weight is 588 g/mol. The normalized spacial score (nSPS) is 19.3. The predicted molar refractivity (Wildman–Crippen MR) is 136 cm³/mol. The maximum atomic E-state index is 13.3. The van der Waals surface area contributed by atoms with Crippen LogP contribution in [0.4, 0.5) is 13.2 Å². The molecule has 13 heteroatoms. The van der Waals surface area contributed by atoms with Crippen LogP contribution in [0.2, 0.25) is 0 Å². The van der Waals surface area contributed by atoms with Crippen molar-refractivity contribution in [2.24, 2.45) is 0 Å². The molecule has 0 spiro atoms. The minimum Gasteiger partial charge on any atom is -0.494 e. The van der Waals surface area contributed by atoms with Gasteiger partial charge < -0.3 is 14.2 Å². The number of carbonyl (C=O) groups excluding carboxylic acids is 1. The van der Waals surface area contributed by atoms with E-state index >= 15 is 0 Å². The first-order valence-electron chi connectivity index (χ1n) is 12.3. The lowest BCUT2D eigenvalue weighted by atomic mass is 9.94. The van der Waals surface area contributed by atoms with Crippen LogP contribution in [0.1, 0.15) is 42.0 Å². The zero-order valence-electron chi connectivity index (χ0n) is 20.8. The summed E-state index contributed by atoms with van der Waals surface area (Å²) in [5, 5.41) is 11.1. The Balaban J connectivity index is 1.27. The Morgan fingerprint density at radius 3 is 2.54 bits per heavy atom. The third-order valence-corrected chi connectivity index (χ3v) is 10.2. The third-order valence-electron chi connectivity index (χ3n) is 6.70. The van der Waals surface area contributed by atoms with E-state index < -0.39 is 26.9 Å². The van der Waals surface area contributed by atoms with Gasteiger partial charge in [0.2, 0.25) is 0 Å². The van der Waals surface area contributed by atoms with E-state index in [4.69, 9.17) is 14.7 Å². The van der Waals surface area contributed by atoms with Crippen molar-refractivity contribution in [3.05, 3.63) is 70.1 Å². The summed E-state index contributed by atoms with van der Waals surface area (Å²) in [5.41, 5.74) is 2.52. The van der Waals surface area contributed by atoms with Crippen molar-refractivity contribution in [2.45, 2.75) is 54.0 Å². The van der Waals surface area contributed by atoms with E-state index in [9.17, 15) is 26.4 Å². The fourth-order valence-corrected chi connectivity index (χ4v) is 7.51. The molecule has 1 aromatic heterocycles. The Labute approximate surface area is 227 Å². The monoisotopic (exact) mass is 587 g/mol. The number of halogens is 3. The molecule has 1 aromatic carbocycles. The van der Waals surface area contributed by atoms with Gasteiger partial charge in [-0.15, -0.1) is 24.5 Å². The SMILES string of the molecule is O=C(NO)C1(S(=O)(=O)c2ccc(OCCCc3cc(C4C=CC(OC(F)(F)F)=CC4)cs3)cc2)CCOCC1. The summed E-state index contributed by atoms with van der Waals surface area (Å²) in [4.78, 5) is 13.4. The van der Waals surface area contributed by atoms with Crippen molar-refractivity contribution in [1.82, 2.24) is 5.48 Å². The Kier molecular flexibility index (Phi) is 9.04. The molecule has 0 bridgehead atoms. The highest BCUT2D eigenvalue weighted by Crippen LogP contribution is 2.36. The summed E-state index contributed by atoms with van der Waals surface area (Å²) in [5.74, 6) is -0.704. The van der Waals surface area contributed by atoms with Gasteiger partial charge in [0.15, 0.2) is 14.6 Å². The van der Waals surface area contributed by atoms with Crippen molar-refractivity contribution in [2.75, 3.05) is 19.8 Å². The minimum atomic E-state index is -4.70. The zero-order valence-corrected chi connectivity index (χ0v) is 22.4. The van der Waals surface area contributed by atoms with Crippen LogP contribution < -0.4 is 10.2 Å². The van der Waals surface area contributed by atoms with Crippen molar-refractivity contribution < 1.29 is 45.8 Å². The highest BCUT2D eigenvalue weighted by Gasteiger charge is 2.52. The third kappa shape index (κ3) is 6.83. The number of benzene rings is 1. The van der Waals surface area contributed by atoms with Gasteiger partial charge in [0.25, 0.3) is 5.91 Å². The molecule has 1 saturated heterocycles. The first kappa shape index (κ1) is 29.1. The van der Waals surface area contributed by atoms with Crippen LogP contribution in [0, 0.1) is 0 Å². The average Bonchev–Trinajstić information content (AvgIpc) is 3.39. The molecule has 212 valence electrons. The van der Waals surface area contributed by atoms with Crippen molar-refractivity contribution >= 4 is 27.1 Å². The fourth-order valence-electron chi connectivity index (χ4n) is 4.58. The van der Waals surface area contributed by atoms with Gasteiger partial charge in [-0.25, -0.2) is 13.9 Å². The number of hydrogen-bond acceptors (Lipinski definition) is 8. The molecule has 2 aliphatic rings. The van der Waals surface area contributed by atoms with Gasteiger partial charge >= 0.3 is 6.36 Å². The van der Waals surface area contributed by atoms with E-state index in [0.29, 0.717) is 25.2 Å². The summed E-state index contributed by atoms with van der Waals surface area (Å²) >= 11 is 1.57. The van der Waals surface area contributed by atoms with Crippen LogP contribution in [-0.4, -0.2) is 50.5 Å². The number of ether oxygens (including phenoxy) is 3. The lowest BCUT2D eigenvalue weighted by Gasteiger charge is -2.34. The van der Waals surface area contributed by atoms with Crippen molar-refractivity contribution in [3.8, 4) is 5.75 Å². The number of amides is 1. The van der Waals surface area contributed by atoms with Crippen LogP contribution in [0.5, 0.6) is 5.75 Å². The predicted octanol–water partition coefficient (Wildman–Crippen LogP) is 5.05. The number of allylic oxidation sites excluding steroid dienone is 3. The van der Waals surface area contributed by atoms with E-state index in [0.717, 1.165) is 16.9 Å². The van der Waals surface area contributed by atoms with Crippen LogP contribution in [-0.2, 0) is 30.5 Å². The van der Waals surface area contributed by atoms with Crippen LogP contribution in [0.15, 0.2) is 64.6 Å². The molecule has 0 radical (unpaired) electrons. The van der Waals surface area contributed by atoms with E-state index in [2.05, 4.69) is 4.74 Å². The molecule has 1 unspecified atom stereocenters. The molecule has 8 nitrogen and oxygen atoms in total. The first-order valence-corrected chi connectivity index (χ1v) is 14.6. The smallest absolute Gasteiger partial charge is 0.494 e. The Morgan fingerprint density at radius 2 is 1.92 bits per heavy atom. The molecule has 2 aromatic rings. The largest absolute Gasteiger partial charge is 0.573 e. The molecular formula is C26H28F3NO7S2. The molecule has 4 rings (SSSR count). The summed E-state index contributed by atoms with van der Waals surface area (Å²) in [6, 6.07) is 7.86. The standard InChI is InChI=1S/C26H28F3NO7S2/c27-26(28,29)37-21-5-3-18(4-6-21)19-16-22(38-17-19)2-1-13-36-20-7-9-23(10-8-20)39(33,34)25(24(31)30-32)11-14-35-15-12-25/h3,5-10,16-18,32H,1-2,4,11-15H2,(H,30,31). The summed E-state index contributed by atoms with van der Waals surface area (Å²) in [7, 11) is -4.10. The second kappa shape index (κ2) is 12.1. The highest BCUT2D eigenvalue weighted by molar-refractivity contribution is 7.93. The van der Waals surface area contributed by atoms with E-state index in [1.54, 1.807) is 17.4 Å². The lowest BCUT2D eigenvalue weighted by Crippen LogP contribution is -2.54. The van der Waals surface area contributed by atoms with Crippen LogP contribution in [0.3, 0.4) is 0 Å². The number of carbonyl (C=O) groups is 1. The molecule has 1 aliphatic heterocycles. The van der Waals surface area contributed by atoms with E-state index in [1.807, 2.05) is 11.4 Å². The number of nitrogens with one attached hydrogen (secondary N) is 1. The number of hydroxylamine groups is 1. The second-order valence-corrected chi connectivity index (χ2v) is 12.4. The Morgan fingerprint density at radius 1 is 1.21 bits per heavy atom. The van der Waals surface area contributed by atoms with Crippen LogP contribution >= 0.6 is 11.3 Å². The summed E-state index contributed by atoms with van der Waals surface area (Å²) in [6.07, 6.45) is 1.52. The molecular weight excluding hydrogens is 559 g/mol. The molecule has 1 fully saturated rings. The van der Waals surface area contributed by atoms with Crippen molar-refractivity contribution in [1.29, 1.82) is 0 Å². The van der Waals surface area contributed by atoms with Gasteiger partial charge in [0.1, 0.15) is 11.5 Å². The summed E-state index contributed by atoms with van der Waals surface area (Å²) < 4.78 is 76.8. The van der Waals surface area contributed by atoms with Gasteiger partial charge in [-0.2, -0.15) is 0 Å². The Bertz CT molecular complexity index is 1310. The number of thiophene rings is 1. The molecule has 2 N–H and O–H groups in total. The van der Waals surface area contributed by atoms with Gasteiger partial charge in [-0.1, -0.05) is 6.08 Å². The molecule has 1 amide bonds. The maximum absolute atomic E-state index is 13.3. The first-order chi connectivity index (χ1) is 18.5. The maximum Gasteiger partial charge on any atom is 0.573 e. The van der Waals surface area contributed by atoms with Gasteiger partial charge in [0, 0.05) is 24.0 Å². The second-order valence-electron chi connectivity index (χ2n) is 9.18. The highest BCUT2D eigenvalue weighted by atomic mass is 32.2. The molecule has 2 heterocycles. The minimum absolute atomic E-state index is 0.00893. The summed E-state index contributed by atoms with van der Waals surface area (Å²) in [6.45, 7) is 0.565. The molecule has 1 aliphatic carbocycles. The molecule has 1 atom stereocenters. The quantitative estimate of drug-likeness (QED) is 0.227. The van der Waals surface area contributed by atoms with E-state index in [1.165, 1.54) is 41.9 Å². The van der Waals surface area contributed by atoms with Crippen LogP contribution in [0.25, 0.3) is 0 Å². The van der Waals surface area contributed by atoms with Gasteiger partial charge in [-0.05, 0) is 85.5 Å². The van der Waals surface area contributed by atoms with E-state index in [-0.39, 0.29) is 42.6 Å². The van der Waals surface area contributed by atoms with Gasteiger partial charge in [0.05, 0.1) is 11.5 Å². The van der Waals surface area contributed by atoms with Gasteiger partial charge in [-0.3, -0.25) is 10.0 Å². The number of hydrogen-bond donors (Lipinski definition) is 2. The number of sulfone groups is 1. The fraction of sp³-hybridized carbons (Fsp3) is 0.423. The number of aryl methyl sites for hydroxylation is 1. The van der Waals surface area contributed by atoms with Crippen molar-refractivity contribution in [3.63, 3.8) is 0 Å². The molecule has 0 saturated carbocycles. The Hall–Kier alpha value is -2.87. The lowest BCUT2D eigenvalue weighted by molar-refractivity contribution is -0.303. The zero-order chi connectivity index (χ0) is 28.1. The molecule has 39 heavy (non-hydrogen) atoms.